The van der Waals surface area contributed by atoms with Crippen LogP contribution in [0.15, 0.2) is 106 Å². The van der Waals surface area contributed by atoms with E-state index in [1.807, 2.05) is 55.5 Å². The van der Waals surface area contributed by atoms with Crippen molar-refractivity contribution in [1.29, 1.82) is 0 Å². The van der Waals surface area contributed by atoms with E-state index in [4.69, 9.17) is 9.84 Å². The Kier molecular flexibility index (Phi) is 9.20. The van der Waals surface area contributed by atoms with Gasteiger partial charge in [0.1, 0.15) is 5.75 Å². The molecule has 0 radical (unpaired) electrons. The minimum Gasteiger partial charge on any atom is -0.482 e. The molecular weight excluding hydrogens is 589 g/mol. The van der Waals surface area contributed by atoms with Gasteiger partial charge in [-0.1, -0.05) is 76.6 Å². The Bertz CT molecular complexity index is 1480. The fourth-order valence-corrected chi connectivity index (χ4v) is 5.21. The van der Waals surface area contributed by atoms with Crippen molar-refractivity contribution in [1.82, 2.24) is 0 Å². The number of carbonyl (C=O) groups is 1. The molecule has 4 rings (SSSR count). The maximum absolute atomic E-state index is 13.5. The largest absolute Gasteiger partial charge is 0.482 e. The Morgan fingerprint density at radius 2 is 1.59 bits per heavy atom. The molecular formula is C31H24BrF3O3S. The minimum absolute atomic E-state index is 0.146. The summed E-state index contributed by atoms with van der Waals surface area (Å²) < 4.78 is 46.9. The van der Waals surface area contributed by atoms with Crippen LogP contribution in [0.2, 0.25) is 0 Å². The molecule has 4 aromatic carbocycles. The molecule has 0 heterocycles. The summed E-state index contributed by atoms with van der Waals surface area (Å²) in [7, 11) is 0. The van der Waals surface area contributed by atoms with Crippen LogP contribution >= 0.6 is 27.7 Å². The van der Waals surface area contributed by atoms with Gasteiger partial charge in [-0.25, -0.2) is 4.79 Å². The maximum Gasteiger partial charge on any atom is 0.417 e. The molecule has 0 unspecified atom stereocenters. The van der Waals surface area contributed by atoms with E-state index >= 15 is 0 Å². The summed E-state index contributed by atoms with van der Waals surface area (Å²) in [6.07, 6.45) is -2.34. The molecule has 0 saturated heterocycles. The van der Waals surface area contributed by atoms with Crippen molar-refractivity contribution in [3.63, 3.8) is 0 Å². The van der Waals surface area contributed by atoms with E-state index in [0.717, 1.165) is 37.7 Å². The zero-order valence-electron chi connectivity index (χ0n) is 20.8. The molecule has 0 fully saturated rings. The van der Waals surface area contributed by atoms with Crippen molar-refractivity contribution in [2.75, 3.05) is 12.4 Å². The first kappa shape index (κ1) is 28.5. The molecule has 0 aliphatic heterocycles. The lowest BCUT2D eigenvalue weighted by atomic mass is 9.94. The number of thioether (sulfide) groups is 1. The smallest absolute Gasteiger partial charge is 0.417 e. The highest BCUT2D eigenvalue weighted by Gasteiger charge is 2.33. The zero-order valence-corrected chi connectivity index (χ0v) is 23.2. The normalized spacial score (nSPS) is 11.9. The minimum atomic E-state index is -4.44. The summed E-state index contributed by atoms with van der Waals surface area (Å²) in [5.74, 6) is 0.134. The SMILES string of the molecule is Cc1cc(SC/C=C(\c2ccc(Br)cc2)c2ccc(-c3ccccc3C(F)(F)F)cc2)ccc1OCC(=O)O. The van der Waals surface area contributed by atoms with Gasteiger partial charge in [0.05, 0.1) is 5.56 Å². The van der Waals surface area contributed by atoms with Gasteiger partial charge < -0.3 is 9.84 Å². The van der Waals surface area contributed by atoms with E-state index in [1.165, 1.54) is 12.1 Å². The molecule has 4 aromatic rings. The average molecular weight is 613 g/mol. The van der Waals surface area contributed by atoms with E-state index in [9.17, 15) is 18.0 Å². The molecule has 0 spiro atoms. The molecule has 0 bridgehead atoms. The molecule has 0 aliphatic rings. The number of alkyl halides is 3. The molecule has 8 heteroatoms. The van der Waals surface area contributed by atoms with Gasteiger partial charge in [0.15, 0.2) is 6.61 Å². The van der Waals surface area contributed by atoms with Gasteiger partial charge in [-0.2, -0.15) is 13.2 Å². The summed E-state index contributed by atoms with van der Waals surface area (Å²) in [6.45, 7) is 1.47. The van der Waals surface area contributed by atoms with Crippen LogP contribution in [0.5, 0.6) is 5.75 Å². The summed E-state index contributed by atoms with van der Waals surface area (Å²) in [5, 5.41) is 8.83. The van der Waals surface area contributed by atoms with Crippen molar-refractivity contribution in [3.05, 3.63) is 124 Å². The third-order valence-electron chi connectivity index (χ3n) is 5.93. The number of aliphatic carboxylic acids is 1. The average Bonchev–Trinajstić information content (AvgIpc) is 2.91. The predicted octanol–water partition coefficient (Wildman–Crippen LogP) is 9.13. The lowest BCUT2D eigenvalue weighted by molar-refractivity contribution is -0.139. The standard InChI is InChI=1S/C31H24BrF3O3S/c1-20-18-25(14-15-29(20)38-19-30(36)37)39-17-16-26(22-10-12-24(32)13-11-22)21-6-8-23(9-7-21)27-4-2-3-5-28(27)31(33,34)35/h2-16,18H,17,19H2,1H3,(H,36,37)/b26-16-. The van der Waals surface area contributed by atoms with Crippen LogP contribution in [0.1, 0.15) is 22.3 Å². The first-order valence-corrected chi connectivity index (χ1v) is 13.7. The van der Waals surface area contributed by atoms with Gasteiger partial charge in [0.2, 0.25) is 0 Å². The second-order valence-corrected chi connectivity index (χ2v) is 10.7. The summed E-state index contributed by atoms with van der Waals surface area (Å²) in [6, 6.07) is 26.2. The molecule has 0 saturated carbocycles. The van der Waals surface area contributed by atoms with Crippen molar-refractivity contribution in [2.45, 2.75) is 18.0 Å². The Morgan fingerprint density at radius 1 is 0.949 bits per heavy atom. The van der Waals surface area contributed by atoms with Crippen LogP contribution in [-0.2, 0) is 11.0 Å². The topological polar surface area (TPSA) is 46.5 Å². The number of rotatable bonds is 9. The second kappa shape index (κ2) is 12.6. The van der Waals surface area contributed by atoms with Crippen LogP contribution in [0.25, 0.3) is 16.7 Å². The number of aryl methyl sites for hydroxylation is 1. The van der Waals surface area contributed by atoms with Crippen LogP contribution < -0.4 is 4.74 Å². The van der Waals surface area contributed by atoms with Gasteiger partial charge in [-0.05, 0) is 76.7 Å². The summed E-state index contributed by atoms with van der Waals surface area (Å²) >= 11 is 5.08. The molecule has 0 aliphatic carbocycles. The Morgan fingerprint density at radius 3 is 2.21 bits per heavy atom. The van der Waals surface area contributed by atoms with E-state index in [-0.39, 0.29) is 5.56 Å². The van der Waals surface area contributed by atoms with Gasteiger partial charge in [0, 0.05) is 15.1 Å². The van der Waals surface area contributed by atoms with Crippen molar-refractivity contribution in [2.24, 2.45) is 0 Å². The van der Waals surface area contributed by atoms with Gasteiger partial charge in [-0.3, -0.25) is 0 Å². The first-order valence-electron chi connectivity index (χ1n) is 11.9. The number of halogens is 4. The number of hydrogen-bond donors (Lipinski definition) is 1. The molecule has 1 N–H and O–H groups in total. The lowest BCUT2D eigenvalue weighted by Crippen LogP contribution is -2.09. The van der Waals surface area contributed by atoms with Gasteiger partial charge >= 0.3 is 12.1 Å². The Balaban J connectivity index is 1.59. The van der Waals surface area contributed by atoms with Crippen LogP contribution in [-0.4, -0.2) is 23.4 Å². The number of benzene rings is 4. The molecule has 39 heavy (non-hydrogen) atoms. The quantitative estimate of drug-likeness (QED) is 0.191. The monoisotopic (exact) mass is 612 g/mol. The van der Waals surface area contributed by atoms with Crippen LogP contribution in [0, 0.1) is 6.92 Å². The Hall–Kier alpha value is -3.49. The zero-order chi connectivity index (χ0) is 28.0. The van der Waals surface area contributed by atoms with E-state index in [0.29, 0.717) is 17.1 Å². The number of carboxylic acid groups (broad SMARTS) is 1. The highest BCUT2D eigenvalue weighted by molar-refractivity contribution is 9.10. The number of ether oxygens (including phenoxy) is 1. The molecule has 0 amide bonds. The molecule has 3 nitrogen and oxygen atoms in total. The molecule has 200 valence electrons. The van der Waals surface area contributed by atoms with Gasteiger partial charge in [-0.15, -0.1) is 11.8 Å². The van der Waals surface area contributed by atoms with Crippen molar-refractivity contribution >= 4 is 39.2 Å². The van der Waals surface area contributed by atoms with Crippen LogP contribution in [0.4, 0.5) is 13.2 Å². The maximum atomic E-state index is 13.5. The molecule has 0 aromatic heterocycles. The number of hydrogen-bond acceptors (Lipinski definition) is 3. The second-order valence-electron chi connectivity index (χ2n) is 8.67. The third-order valence-corrected chi connectivity index (χ3v) is 7.38. The molecule has 0 atom stereocenters. The van der Waals surface area contributed by atoms with Crippen LogP contribution in [0.3, 0.4) is 0 Å². The first-order chi connectivity index (χ1) is 18.6. The predicted molar refractivity (Wildman–Crippen MR) is 153 cm³/mol. The highest BCUT2D eigenvalue weighted by Crippen LogP contribution is 2.37. The Labute approximate surface area is 237 Å². The van der Waals surface area contributed by atoms with E-state index in [2.05, 4.69) is 22.0 Å². The fraction of sp³-hybridized carbons (Fsp3) is 0.129. The van der Waals surface area contributed by atoms with E-state index in [1.54, 1.807) is 36.0 Å². The summed E-state index contributed by atoms with van der Waals surface area (Å²) in [5.41, 5.74) is 3.66. The highest BCUT2D eigenvalue weighted by atomic mass is 79.9. The lowest BCUT2D eigenvalue weighted by Gasteiger charge is -2.14. The number of carboxylic acids is 1. The summed E-state index contributed by atoms with van der Waals surface area (Å²) in [4.78, 5) is 11.8. The van der Waals surface area contributed by atoms with Gasteiger partial charge in [0.25, 0.3) is 0 Å². The fourth-order valence-electron chi connectivity index (χ4n) is 4.08. The van der Waals surface area contributed by atoms with E-state index < -0.39 is 24.3 Å². The van der Waals surface area contributed by atoms with Crippen molar-refractivity contribution in [3.8, 4) is 16.9 Å². The third kappa shape index (κ3) is 7.55. The van der Waals surface area contributed by atoms with Crippen molar-refractivity contribution < 1.29 is 27.8 Å².